The van der Waals surface area contributed by atoms with Crippen LogP contribution in [0.1, 0.15) is 37.7 Å². The molecule has 0 atom stereocenters. The Morgan fingerprint density at radius 3 is 1.95 bits per heavy atom. The van der Waals surface area contributed by atoms with E-state index in [0.717, 1.165) is 5.92 Å². The fourth-order valence-electron chi connectivity index (χ4n) is 2.62. The molecule has 0 heteroatoms. The second-order valence-electron chi connectivity index (χ2n) is 5.19. The molecule has 0 aromatic heterocycles. The summed E-state index contributed by atoms with van der Waals surface area (Å²) in [7, 11) is 0. The van der Waals surface area contributed by atoms with Crippen molar-refractivity contribution in [3.8, 4) is 0 Å². The quantitative estimate of drug-likeness (QED) is 0.696. The Balaban J connectivity index is 0.000000186. The summed E-state index contributed by atoms with van der Waals surface area (Å²) in [6.07, 6.45) is 8.53. The third-order valence-electron chi connectivity index (χ3n) is 3.64. The molecule has 19 heavy (non-hydrogen) atoms. The second-order valence-corrected chi connectivity index (χ2v) is 5.19. The van der Waals surface area contributed by atoms with Crippen molar-refractivity contribution in [3.63, 3.8) is 0 Å². The summed E-state index contributed by atoms with van der Waals surface area (Å²) in [6, 6.07) is 24.0. The Morgan fingerprint density at radius 1 is 0.789 bits per heavy atom. The SMILES string of the molecule is [c]1ccc(CC2CCCCC2)cc1.[c]1ccccc1. The van der Waals surface area contributed by atoms with Crippen LogP contribution in [0, 0.1) is 18.1 Å². The minimum absolute atomic E-state index is 0.955. The van der Waals surface area contributed by atoms with Crippen LogP contribution >= 0.6 is 0 Å². The predicted octanol–water partition coefficient (Wildman–Crippen LogP) is 5.10. The van der Waals surface area contributed by atoms with E-state index in [1.165, 1.54) is 44.1 Å². The fourth-order valence-corrected chi connectivity index (χ4v) is 2.62. The zero-order valence-corrected chi connectivity index (χ0v) is 11.5. The van der Waals surface area contributed by atoms with Gasteiger partial charge in [-0.25, -0.2) is 0 Å². The van der Waals surface area contributed by atoms with Crippen molar-refractivity contribution in [2.75, 3.05) is 0 Å². The second kappa shape index (κ2) is 8.53. The van der Waals surface area contributed by atoms with Crippen molar-refractivity contribution < 1.29 is 0 Å². The maximum Gasteiger partial charge on any atom is -0.0184 e. The van der Waals surface area contributed by atoms with Crippen molar-refractivity contribution in [3.05, 3.63) is 72.3 Å². The predicted molar refractivity (Wildman–Crippen MR) is 80.8 cm³/mol. The van der Waals surface area contributed by atoms with Crippen LogP contribution in [0.3, 0.4) is 0 Å². The fraction of sp³-hybridized carbons (Fsp3) is 0.368. The van der Waals surface area contributed by atoms with Crippen molar-refractivity contribution >= 4 is 0 Å². The topological polar surface area (TPSA) is 0 Å². The van der Waals surface area contributed by atoms with E-state index in [0.29, 0.717) is 0 Å². The number of rotatable bonds is 2. The van der Waals surface area contributed by atoms with Gasteiger partial charge in [0.05, 0.1) is 0 Å². The van der Waals surface area contributed by atoms with E-state index >= 15 is 0 Å². The highest BCUT2D eigenvalue weighted by Gasteiger charge is 2.13. The smallest absolute Gasteiger partial charge is 0.0184 e. The van der Waals surface area contributed by atoms with E-state index in [1.807, 2.05) is 42.5 Å². The summed E-state index contributed by atoms with van der Waals surface area (Å²) in [5, 5.41) is 0. The lowest BCUT2D eigenvalue weighted by molar-refractivity contribution is 0.356. The molecule has 0 bridgehead atoms. The number of hydrogen-bond acceptors (Lipinski definition) is 0. The van der Waals surface area contributed by atoms with Crippen LogP contribution in [0.5, 0.6) is 0 Å². The monoisotopic (exact) mass is 250 g/mol. The minimum Gasteiger partial charge on any atom is -0.0622 e. The summed E-state index contributed by atoms with van der Waals surface area (Å²) in [5.74, 6) is 0.955. The molecule has 1 aliphatic carbocycles. The zero-order chi connectivity index (χ0) is 13.2. The first-order chi connectivity index (χ1) is 9.45. The molecule has 1 fully saturated rings. The molecular formula is C19H22. The molecule has 1 saturated carbocycles. The van der Waals surface area contributed by atoms with Gasteiger partial charge in [0.1, 0.15) is 0 Å². The van der Waals surface area contributed by atoms with Crippen LogP contribution in [0.15, 0.2) is 54.6 Å². The van der Waals surface area contributed by atoms with Crippen molar-refractivity contribution in [2.24, 2.45) is 5.92 Å². The molecule has 2 aromatic rings. The number of benzene rings is 2. The molecule has 3 rings (SSSR count). The molecule has 0 nitrogen and oxygen atoms in total. The molecule has 0 heterocycles. The lowest BCUT2D eigenvalue weighted by Gasteiger charge is -2.21. The van der Waals surface area contributed by atoms with Gasteiger partial charge in [-0.05, 0) is 30.0 Å². The third kappa shape index (κ3) is 5.74. The molecule has 0 saturated heterocycles. The number of hydrogen-bond donors (Lipinski definition) is 0. The molecule has 0 amide bonds. The highest BCUT2D eigenvalue weighted by molar-refractivity contribution is 5.14. The van der Waals surface area contributed by atoms with Gasteiger partial charge in [0, 0.05) is 0 Å². The lowest BCUT2D eigenvalue weighted by atomic mass is 9.85. The van der Waals surface area contributed by atoms with Crippen LogP contribution in [-0.4, -0.2) is 0 Å². The summed E-state index contributed by atoms with van der Waals surface area (Å²) in [4.78, 5) is 0. The maximum absolute atomic E-state index is 3.07. The molecule has 0 spiro atoms. The Bertz CT molecular complexity index is 386. The van der Waals surface area contributed by atoms with Crippen LogP contribution in [-0.2, 0) is 6.42 Å². The van der Waals surface area contributed by atoms with Gasteiger partial charge in [0.15, 0.2) is 0 Å². The molecule has 2 aromatic carbocycles. The molecule has 98 valence electrons. The molecule has 0 unspecified atom stereocenters. The van der Waals surface area contributed by atoms with Gasteiger partial charge < -0.3 is 0 Å². The standard InChI is InChI=1S/C13H17.C6H5/c1-3-7-12(8-4-1)11-13-9-5-2-6-10-13;1-2-4-6-5-3-1/h5-6,9-10,12H,1,3-4,7-8,11H2;1-5H. The van der Waals surface area contributed by atoms with Gasteiger partial charge in [-0.2, -0.15) is 0 Å². The van der Waals surface area contributed by atoms with Crippen molar-refractivity contribution in [1.82, 2.24) is 0 Å². The molecule has 1 aliphatic rings. The van der Waals surface area contributed by atoms with Gasteiger partial charge in [0.2, 0.25) is 0 Å². The Labute approximate surface area is 117 Å². The minimum atomic E-state index is 0.955. The van der Waals surface area contributed by atoms with Gasteiger partial charge >= 0.3 is 0 Å². The summed E-state index contributed by atoms with van der Waals surface area (Å²) in [5.41, 5.74) is 1.49. The van der Waals surface area contributed by atoms with E-state index < -0.39 is 0 Å². The van der Waals surface area contributed by atoms with Crippen molar-refractivity contribution in [1.29, 1.82) is 0 Å². The molecular weight excluding hydrogens is 228 g/mol. The average molecular weight is 250 g/mol. The normalized spacial score (nSPS) is 15.4. The van der Waals surface area contributed by atoms with E-state index in [4.69, 9.17) is 0 Å². The van der Waals surface area contributed by atoms with E-state index in [-0.39, 0.29) is 0 Å². The Kier molecular flexibility index (Phi) is 6.22. The highest BCUT2D eigenvalue weighted by Crippen LogP contribution is 2.26. The van der Waals surface area contributed by atoms with E-state index in [9.17, 15) is 0 Å². The van der Waals surface area contributed by atoms with Crippen molar-refractivity contribution in [2.45, 2.75) is 38.5 Å². The molecule has 2 radical (unpaired) electrons. The first kappa shape index (κ1) is 13.9. The van der Waals surface area contributed by atoms with E-state index in [2.05, 4.69) is 24.3 Å². The van der Waals surface area contributed by atoms with Crippen LogP contribution in [0.4, 0.5) is 0 Å². The zero-order valence-electron chi connectivity index (χ0n) is 11.5. The van der Waals surface area contributed by atoms with Crippen LogP contribution in [0.25, 0.3) is 0 Å². The highest BCUT2D eigenvalue weighted by atomic mass is 14.2. The third-order valence-corrected chi connectivity index (χ3v) is 3.64. The lowest BCUT2D eigenvalue weighted by Crippen LogP contribution is -2.08. The maximum atomic E-state index is 3.07. The Hall–Kier alpha value is -1.56. The van der Waals surface area contributed by atoms with Gasteiger partial charge in [-0.1, -0.05) is 86.7 Å². The van der Waals surface area contributed by atoms with Gasteiger partial charge in [0.25, 0.3) is 0 Å². The van der Waals surface area contributed by atoms with E-state index in [1.54, 1.807) is 0 Å². The molecule has 0 aliphatic heterocycles. The van der Waals surface area contributed by atoms with Crippen LogP contribution < -0.4 is 0 Å². The largest absolute Gasteiger partial charge is 0.0622 e. The Morgan fingerprint density at radius 2 is 1.42 bits per heavy atom. The first-order valence-electron chi connectivity index (χ1n) is 7.31. The molecule has 0 N–H and O–H groups in total. The van der Waals surface area contributed by atoms with Crippen LogP contribution in [0.2, 0.25) is 0 Å². The van der Waals surface area contributed by atoms with Gasteiger partial charge in [-0.15, -0.1) is 0 Å². The van der Waals surface area contributed by atoms with Gasteiger partial charge in [-0.3, -0.25) is 0 Å². The first-order valence-corrected chi connectivity index (χ1v) is 7.31. The average Bonchev–Trinajstić information content (AvgIpc) is 2.52. The summed E-state index contributed by atoms with van der Waals surface area (Å²) < 4.78 is 0. The summed E-state index contributed by atoms with van der Waals surface area (Å²) in [6.45, 7) is 0. The summed E-state index contributed by atoms with van der Waals surface area (Å²) >= 11 is 0.